The number of imide groups is 2. The highest BCUT2D eigenvalue weighted by molar-refractivity contribution is 6.23. The van der Waals surface area contributed by atoms with Crippen LogP contribution in [0.3, 0.4) is 0 Å². The van der Waals surface area contributed by atoms with Crippen molar-refractivity contribution in [3.8, 4) is 11.9 Å². The molecule has 14 nitrogen and oxygen atoms in total. The number of carbonyl (C=O) groups excluding carboxylic acids is 5. The van der Waals surface area contributed by atoms with E-state index in [1.54, 1.807) is 24.4 Å². The molecule has 2 saturated heterocycles. The normalized spacial score (nSPS) is 18.4. The average molecular weight is 674 g/mol. The summed E-state index contributed by atoms with van der Waals surface area (Å²) in [5.41, 5.74) is 3.60. The molecule has 0 bridgehead atoms. The maximum atomic E-state index is 13.6. The van der Waals surface area contributed by atoms with Gasteiger partial charge >= 0.3 is 0 Å². The lowest BCUT2D eigenvalue weighted by Crippen LogP contribution is -2.54. The number of anilines is 1. The fraction of sp³-hybridized carbons (Fsp3) is 0.333. The molecular weight excluding hydrogens is 638 g/mol. The third kappa shape index (κ3) is 6.19. The van der Waals surface area contributed by atoms with Crippen molar-refractivity contribution >= 4 is 46.3 Å². The second kappa shape index (κ2) is 13.2. The summed E-state index contributed by atoms with van der Waals surface area (Å²) in [6.07, 6.45) is 6.56. The minimum atomic E-state index is -1.000. The van der Waals surface area contributed by atoms with Crippen LogP contribution in [0.25, 0.3) is 16.9 Å². The summed E-state index contributed by atoms with van der Waals surface area (Å²) in [7, 11) is 0. The maximum absolute atomic E-state index is 13.6. The lowest BCUT2D eigenvalue weighted by Gasteiger charge is -2.32. The van der Waals surface area contributed by atoms with Gasteiger partial charge < -0.3 is 10.6 Å². The summed E-state index contributed by atoms with van der Waals surface area (Å²) in [5, 5.41) is 18.8. The van der Waals surface area contributed by atoms with Gasteiger partial charge in [0.15, 0.2) is 0 Å². The van der Waals surface area contributed by atoms with E-state index >= 15 is 0 Å². The number of benzene rings is 1. The van der Waals surface area contributed by atoms with Gasteiger partial charge in [0.05, 0.1) is 27.9 Å². The van der Waals surface area contributed by atoms with Crippen molar-refractivity contribution in [1.29, 1.82) is 5.26 Å². The fourth-order valence-corrected chi connectivity index (χ4v) is 6.83. The summed E-state index contributed by atoms with van der Waals surface area (Å²) in [6.45, 7) is 5.98. The van der Waals surface area contributed by atoms with Gasteiger partial charge in [0.1, 0.15) is 23.6 Å². The first kappa shape index (κ1) is 32.6. The molecular formula is C36H35N9O5. The van der Waals surface area contributed by atoms with Crippen LogP contribution >= 0.6 is 0 Å². The molecule has 3 aromatic heterocycles. The molecule has 0 spiro atoms. The lowest BCUT2D eigenvalue weighted by atomic mass is 10.0. The Hall–Kier alpha value is -5.94. The zero-order valence-corrected chi connectivity index (χ0v) is 27.6. The summed E-state index contributed by atoms with van der Waals surface area (Å²) in [4.78, 5) is 76.0. The summed E-state index contributed by atoms with van der Waals surface area (Å²) >= 11 is 0. The first-order valence-corrected chi connectivity index (χ1v) is 16.6. The second-order valence-corrected chi connectivity index (χ2v) is 13.2. The molecule has 3 aliphatic heterocycles. The maximum Gasteiger partial charge on any atom is 0.262 e. The Morgan fingerprint density at radius 2 is 1.78 bits per heavy atom. The molecule has 0 saturated carbocycles. The van der Waals surface area contributed by atoms with E-state index in [-0.39, 0.29) is 42.0 Å². The number of carbonyl (C=O) groups is 5. The average Bonchev–Trinajstić information content (AvgIpc) is 3.63. The number of piperidine rings is 2. The lowest BCUT2D eigenvalue weighted by molar-refractivity contribution is -0.136. The van der Waals surface area contributed by atoms with E-state index in [9.17, 15) is 29.2 Å². The van der Waals surface area contributed by atoms with E-state index in [1.807, 2.05) is 42.8 Å². The smallest absolute Gasteiger partial charge is 0.262 e. The van der Waals surface area contributed by atoms with E-state index in [0.29, 0.717) is 47.9 Å². The molecule has 3 N–H and O–H groups in total. The molecule has 7 rings (SSSR count). The van der Waals surface area contributed by atoms with Crippen molar-refractivity contribution < 1.29 is 24.0 Å². The molecule has 0 aliphatic carbocycles. The van der Waals surface area contributed by atoms with Gasteiger partial charge in [-0.15, -0.1) is 0 Å². The molecule has 14 heteroatoms. The molecule has 254 valence electrons. The molecule has 1 aromatic carbocycles. The van der Waals surface area contributed by atoms with Crippen molar-refractivity contribution in [1.82, 2.24) is 35.0 Å². The first-order chi connectivity index (χ1) is 24.1. The van der Waals surface area contributed by atoms with Crippen LogP contribution in [-0.4, -0.2) is 85.1 Å². The van der Waals surface area contributed by atoms with Gasteiger partial charge in [-0.25, -0.2) is 9.97 Å². The highest BCUT2D eigenvalue weighted by Crippen LogP contribution is 2.29. The number of nitriles is 1. The van der Waals surface area contributed by atoms with Crippen molar-refractivity contribution in [2.45, 2.75) is 64.2 Å². The predicted octanol–water partition coefficient (Wildman–Crippen LogP) is 2.91. The van der Waals surface area contributed by atoms with Gasteiger partial charge in [0.2, 0.25) is 11.8 Å². The topological polar surface area (TPSA) is 182 Å². The summed E-state index contributed by atoms with van der Waals surface area (Å²) in [5.74, 6) is -1.72. The first-order valence-electron chi connectivity index (χ1n) is 16.6. The molecule has 50 heavy (non-hydrogen) atoms. The standard InChI is InChI=1S/C36H35N9O5/c1-20(2)40-28-15-30(44-12-7-23-13-22(16-37)17-39-32(23)44)38-18-27(28)33(47)41-24-8-10-43(11-9-24)19-21-3-4-25-26(14-21)36(50)45(35(25)49)29-5-6-31(46)42-34(29)48/h3-4,7,12-15,17-18,20,24,29H,5-6,8-11,19H2,1-2H3,(H,38,40)(H,41,47)(H,42,46,48). The number of fused-ring (bicyclic) bond motifs is 2. The molecule has 1 atom stereocenters. The van der Waals surface area contributed by atoms with Gasteiger partial charge in [-0.1, -0.05) is 6.07 Å². The molecule has 2 fully saturated rings. The third-order valence-corrected chi connectivity index (χ3v) is 9.31. The third-order valence-electron chi connectivity index (χ3n) is 9.31. The van der Waals surface area contributed by atoms with Crippen LogP contribution in [0.5, 0.6) is 0 Å². The molecule has 3 aliphatic rings. The monoisotopic (exact) mass is 673 g/mol. The Balaban J connectivity index is 0.985. The number of nitrogens with zero attached hydrogens (tertiary/aromatic N) is 6. The zero-order chi connectivity index (χ0) is 35.1. The second-order valence-electron chi connectivity index (χ2n) is 13.2. The Morgan fingerprint density at radius 1 is 1.00 bits per heavy atom. The number of aromatic nitrogens is 3. The number of rotatable bonds is 8. The van der Waals surface area contributed by atoms with E-state index in [1.165, 1.54) is 6.20 Å². The fourth-order valence-electron chi connectivity index (χ4n) is 6.83. The van der Waals surface area contributed by atoms with Crippen molar-refractivity contribution in [3.05, 3.63) is 82.8 Å². The van der Waals surface area contributed by atoms with Crippen molar-refractivity contribution in [2.75, 3.05) is 18.4 Å². The van der Waals surface area contributed by atoms with Crippen LogP contribution in [0.2, 0.25) is 0 Å². The van der Waals surface area contributed by atoms with Crippen molar-refractivity contribution in [2.24, 2.45) is 0 Å². The Labute approximate surface area is 287 Å². The van der Waals surface area contributed by atoms with Crippen LogP contribution in [0, 0.1) is 11.3 Å². The number of nitrogens with one attached hydrogen (secondary N) is 3. The summed E-state index contributed by atoms with van der Waals surface area (Å²) < 4.78 is 1.82. The van der Waals surface area contributed by atoms with Gasteiger partial charge in [-0.3, -0.25) is 43.7 Å². The van der Waals surface area contributed by atoms with Gasteiger partial charge in [0, 0.05) is 68.2 Å². The van der Waals surface area contributed by atoms with Crippen LogP contribution in [0.1, 0.15) is 81.7 Å². The predicted molar refractivity (Wildman–Crippen MR) is 181 cm³/mol. The van der Waals surface area contributed by atoms with Crippen LogP contribution < -0.4 is 16.0 Å². The molecule has 4 aromatic rings. The van der Waals surface area contributed by atoms with Gasteiger partial charge in [-0.05, 0) is 62.9 Å². The highest BCUT2D eigenvalue weighted by atomic mass is 16.2. The van der Waals surface area contributed by atoms with E-state index in [2.05, 4.69) is 36.9 Å². The van der Waals surface area contributed by atoms with Gasteiger partial charge in [-0.2, -0.15) is 5.26 Å². The highest BCUT2D eigenvalue weighted by Gasteiger charge is 2.44. The van der Waals surface area contributed by atoms with Crippen LogP contribution in [0.4, 0.5) is 5.69 Å². The van der Waals surface area contributed by atoms with E-state index < -0.39 is 29.7 Å². The zero-order valence-electron chi connectivity index (χ0n) is 27.6. The Kier molecular flexibility index (Phi) is 8.59. The quantitative estimate of drug-likeness (QED) is 0.235. The SMILES string of the molecule is CC(C)Nc1cc(-n2ccc3cc(C#N)cnc32)ncc1C(=O)NC1CCN(Cc2ccc3c(c2)C(=O)N(C2CCC(=O)NC2=O)C3=O)CC1. The minimum Gasteiger partial charge on any atom is -0.382 e. The van der Waals surface area contributed by atoms with E-state index in [0.717, 1.165) is 28.7 Å². The number of amides is 5. The number of pyridine rings is 2. The minimum absolute atomic E-state index is 0.0430. The summed E-state index contributed by atoms with van der Waals surface area (Å²) in [6, 6.07) is 11.8. The van der Waals surface area contributed by atoms with E-state index in [4.69, 9.17) is 0 Å². The number of hydrogen-bond donors (Lipinski definition) is 3. The number of hydrogen-bond acceptors (Lipinski definition) is 10. The van der Waals surface area contributed by atoms with Crippen molar-refractivity contribution in [3.63, 3.8) is 0 Å². The molecule has 0 radical (unpaired) electrons. The largest absolute Gasteiger partial charge is 0.382 e. The Bertz CT molecular complexity index is 2110. The van der Waals surface area contributed by atoms with Crippen LogP contribution in [0.15, 0.2) is 55.0 Å². The number of likely N-dealkylation sites (tertiary alicyclic amines) is 1. The molecule has 1 unspecified atom stereocenters. The Morgan fingerprint density at radius 3 is 2.52 bits per heavy atom. The van der Waals surface area contributed by atoms with Crippen LogP contribution in [-0.2, 0) is 16.1 Å². The molecule has 5 amide bonds. The molecule has 6 heterocycles. The van der Waals surface area contributed by atoms with Gasteiger partial charge in [0.25, 0.3) is 17.7 Å².